The molecule has 92 valence electrons. The van der Waals surface area contributed by atoms with Crippen LogP contribution < -0.4 is 10.6 Å². The van der Waals surface area contributed by atoms with Crippen LogP contribution in [-0.4, -0.2) is 25.0 Å². The number of amides is 1. The second-order valence-corrected chi connectivity index (χ2v) is 5.30. The summed E-state index contributed by atoms with van der Waals surface area (Å²) < 4.78 is 0. The summed E-state index contributed by atoms with van der Waals surface area (Å²) in [6.07, 6.45) is 10.2. The van der Waals surface area contributed by atoms with E-state index in [1.165, 1.54) is 38.5 Å². The van der Waals surface area contributed by atoms with E-state index >= 15 is 0 Å². The second kappa shape index (κ2) is 6.24. The lowest BCUT2D eigenvalue weighted by Gasteiger charge is -2.12. The Hall–Kier alpha value is -0.570. The molecule has 0 spiro atoms. The van der Waals surface area contributed by atoms with Gasteiger partial charge in [0.15, 0.2) is 0 Å². The first-order valence-electron chi connectivity index (χ1n) is 6.84. The van der Waals surface area contributed by atoms with Gasteiger partial charge in [0.05, 0.1) is 0 Å². The van der Waals surface area contributed by atoms with Crippen LogP contribution in [0.3, 0.4) is 0 Å². The van der Waals surface area contributed by atoms with Gasteiger partial charge in [0.25, 0.3) is 0 Å². The minimum atomic E-state index is 0.220. The van der Waals surface area contributed by atoms with Gasteiger partial charge in [-0.15, -0.1) is 0 Å². The van der Waals surface area contributed by atoms with Gasteiger partial charge >= 0.3 is 0 Å². The first-order valence-corrected chi connectivity index (χ1v) is 6.84. The van der Waals surface area contributed by atoms with Crippen molar-refractivity contribution in [2.45, 2.75) is 57.4 Å². The maximum atomic E-state index is 11.0. The van der Waals surface area contributed by atoms with E-state index in [1.54, 1.807) is 0 Å². The largest absolute Gasteiger partial charge is 0.352 e. The Morgan fingerprint density at radius 2 is 2.06 bits per heavy atom. The van der Waals surface area contributed by atoms with Crippen molar-refractivity contribution in [1.82, 2.24) is 10.6 Å². The van der Waals surface area contributed by atoms with Crippen LogP contribution in [0.5, 0.6) is 0 Å². The Bertz CT molecular complexity index is 224. The molecule has 2 fully saturated rings. The topological polar surface area (TPSA) is 41.1 Å². The Morgan fingerprint density at radius 1 is 1.25 bits per heavy atom. The molecule has 1 unspecified atom stereocenters. The van der Waals surface area contributed by atoms with E-state index in [0.717, 1.165) is 25.4 Å². The van der Waals surface area contributed by atoms with Gasteiger partial charge in [-0.2, -0.15) is 0 Å². The zero-order chi connectivity index (χ0) is 11.2. The van der Waals surface area contributed by atoms with Crippen LogP contribution in [0.25, 0.3) is 0 Å². The van der Waals surface area contributed by atoms with Gasteiger partial charge in [0.1, 0.15) is 0 Å². The summed E-state index contributed by atoms with van der Waals surface area (Å²) in [5.41, 5.74) is 0. The van der Waals surface area contributed by atoms with Crippen LogP contribution in [0.2, 0.25) is 0 Å². The van der Waals surface area contributed by atoms with Gasteiger partial charge in [-0.25, -0.2) is 0 Å². The molecule has 2 rings (SSSR count). The van der Waals surface area contributed by atoms with Crippen LogP contribution in [-0.2, 0) is 4.79 Å². The van der Waals surface area contributed by atoms with Crippen LogP contribution in [0.15, 0.2) is 0 Å². The third-order valence-corrected chi connectivity index (χ3v) is 3.92. The lowest BCUT2D eigenvalue weighted by molar-refractivity contribution is -0.119. The fourth-order valence-electron chi connectivity index (χ4n) is 2.92. The summed E-state index contributed by atoms with van der Waals surface area (Å²) in [5, 5.41) is 6.44. The highest BCUT2D eigenvalue weighted by Crippen LogP contribution is 2.28. The summed E-state index contributed by atoms with van der Waals surface area (Å²) in [6.45, 7) is 2.07. The van der Waals surface area contributed by atoms with Crippen LogP contribution in [0.1, 0.15) is 51.4 Å². The monoisotopic (exact) mass is 224 g/mol. The molecule has 0 aromatic heterocycles. The fourth-order valence-corrected chi connectivity index (χ4v) is 2.92. The molecule has 1 aliphatic carbocycles. The zero-order valence-corrected chi connectivity index (χ0v) is 10.1. The standard InChI is InChI=1S/C13H24N2O/c16-13-8-7-12(15-13)10-14-9-3-6-11-4-1-2-5-11/h11-12,14H,1-10H2,(H,15,16). The lowest BCUT2D eigenvalue weighted by atomic mass is 10.0. The van der Waals surface area contributed by atoms with E-state index in [4.69, 9.17) is 0 Å². The van der Waals surface area contributed by atoms with Crippen LogP contribution in [0.4, 0.5) is 0 Å². The van der Waals surface area contributed by atoms with Crippen molar-refractivity contribution in [1.29, 1.82) is 0 Å². The quantitative estimate of drug-likeness (QED) is 0.676. The molecule has 3 heteroatoms. The van der Waals surface area contributed by atoms with Crippen molar-refractivity contribution < 1.29 is 4.79 Å². The molecule has 16 heavy (non-hydrogen) atoms. The summed E-state index contributed by atoms with van der Waals surface area (Å²) in [5.74, 6) is 1.23. The van der Waals surface area contributed by atoms with Crippen molar-refractivity contribution >= 4 is 5.91 Å². The molecule has 1 atom stereocenters. The van der Waals surface area contributed by atoms with E-state index in [0.29, 0.717) is 12.5 Å². The Balaban J connectivity index is 1.44. The van der Waals surface area contributed by atoms with E-state index in [1.807, 2.05) is 0 Å². The first kappa shape index (κ1) is 11.9. The molecule has 3 nitrogen and oxygen atoms in total. The molecule has 1 aliphatic heterocycles. The molecular weight excluding hydrogens is 200 g/mol. The van der Waals surface area contributed by atoms with E-state index in [2.05, 4.69) is 10.6 Å². The predicted molar refractivity (Wildman–Crippen MR) is 65.2 cm³/mol. The van der Waals surface area contributed by atoms with Crippen molar-refractivity contribution in [3.8, 4) is 0 Å². The molecule has 2 aliphatic rings. The zero-order valence-electron chi connectivity index (χ0n) is 10.1. The highest BCUT2D eigenvalue weighted by Gasteiger charge is 2.19. The van der Waals surface area contributed by atoms with Crippen molar-refractivity contribution in [2.24, 2.45) is 5.92 Å². The van der Waals surface area contributed by atoms with Gasteiger partial charge in [-0.3, -0.25) is 4.79 Å². The van der Waals surface area contributed by atoms with E-state index < -0.39 is 0 Å². The van der Waals surface area contributed by atoms with E-state index in [-0.39, 0.29) is 5.91 Å². The Morgan fingerprint density at radius 3 is 2.75 bits per heavy atom. The first-order chi connectivity index (χ1) is 7.84. The highest BCUT2D eigenvalue weighted by molar-refractivity contribution is 5.78. The van der Waals surface area contributed by atoms with Gasteiger partial charge < -0.3 is 10.6 Å². The molecule has 2 N–H and O–H groups in total. The molecule has 1 heterocycles. The number of nitrogens with one attached hydrogen (secondary N) is 2. The number of carbonyl (C=O) groups is 1. The normalized spacial score (nSPS) is 26.2. The van der Waals surface area contributed by atoms with Gasteiger partial charge in [0.2, 0.25) is 5.91 Å². The summed E-state index contributed by atoms with van der Waals surface area (Å²) in [7, 11) is 0. The molecule has 0 radical (unpaired) electrons. The van der Waals surface area contributed by atoms with Crippen molar-refractivity contribution in [3.05, 3.63) is 0 Å². The fraction of sp³-hybridized carbons (Fsp3) is 0.923. The maximum Gasteiger partial charge on any atom is 0.220 e. The molecule has 1 amide bonds. The third kappa shape index (κ3) is 3.78. The van der Waals surface area contributed by atoms with Gasteiger partial charge in [-0.1, -0.05) is 25.7 Å². The summed E-state index contributed by atoms with van der Waals surface area (Å²) in [4.78, 5) is 11.0. The average molecular weight is 224 g/mol. The molecule has 0 bridgehead atoms. The average Bonchev–Trinajstić information content (AvgIpc) is 2.89. The minimum Gasteiger partial charge on any atom is -0.352 e. The molecule has 1 saturated heterocycles. The summed E-state index contributed by atoms with van der Waals surface area (Å²) in [6, 6.07) is 0.388. The Labute approximate surface area is 98.4 Å². The van der Waals surface area contributed by atoms with Crippen molar-refractivity contribution in [2.75, 3.05) is 13.1 Å². The van der Waals surface area contributed by atoms with Crippen LogP contribution in [0, 0.1) is 5.92 Å². The number of carbonyl (C=O) groups excluding carboxylic acids is 1. The molecule has 0 aromatic rings. The molecule has 0 aromatic carbocycles. The second-order valence-electron chi connectivity index (χ2n) is 5.30. The van der Waals surface area contributed by atoms with Crippen LogP contribution >= 0.6 is 0 Å². The maximum absolute atomic E-state index is 11.0. The number of rotatable bonds is 6. The summed E-state index contributed by atoms with van der Waals surface area (Å²) >= 11 is 0. The highest BCUT2D eigenvalue weighted by atomic mass is 16.1. The smallest absolute Gasteiger partial charge is 0.220 e. The SMILES string of the molecule is O=C1CCC(CNCCCC2CCCC2)N1. The molecular formula is C13H24N2O. The number of hydrogen-bond donors (Lipinski definition) is 2. The van der Waals surface area contributed by atoms with Crippen molar-refractivity contribution in [3.63, 3.8) is 0 Å². The third-order valence-electron chi connectivity index (χ3n) is 3.92. The van der Waals surface area contributed by atoms with Gasteiger partial charge in [-0.05, 0) is 31.7 Å². The lowest BCUT2D eigenvalue weighted by Crippen LogP contribution is -2.36. The van der Waals surface area contributed by atoms with Gasteiger partial charge in [0, 0.05) is 19.0 Å². The number of hydrogen-bond acceptors (Lipinski definition) is 2. The minimum absolute atomic E-state index is 0.220. The molecule has 1 saturated carbocycles. The Kier molecular flexibility index (Phi) is 4.64. The van der Waals surface area contributed by atoms with E-state index in [9.17, 15) is 4.79 Å². The predicted octanol–water partition coefficient (Wildman–Crippen LogP) is 1.82.